The van der Waals surface area contributed by atoms with Gasteiger partial charge in [-0.1, -0.05) is 18.5 Å². The van der Waals surface area contributed by atoms with Gasteiger partial charge in [0.1, 0.15) is 10.9 Å². The van der Waals surface area contributed by atoms with Crippen molar-refractivity contribution >= 4 is 17.4 Å². The molecule has 1 aromatic rings. The van der Waals surface area contributed by atoms with Crippen LogP contribution in [0.15, 0.2) is 0 Å². The maximum Gasteiger partial charge on any atom is 0.138 e. The maximum absolute atomic E-state index is 11.7. The Hall–Kier alpha value is -0.870. The fourth-order valence-corrected chi connectivity index (χ4v) is 1.81. The Kier molecular flexibility index (Phi) is 4.96. The lowest BCUT2D eigenvalue weighted by molar-refractivity contribution is -0.118. The zero-order valence-corrected chi connectivity index (χ0v) is 10.8. The number of hydrogen-bond donors (Lipinski definition) is 1. The zero-order valence-electron chi connectivity index (χ0n) is 10.0. The number of aryl methyl sites for hydroxylation is 2. The van der Waals surface area contributed by atoms with Gasteiger partial charge in [-0.25, -0.2) is 0 Å². The van der Waals surface area contributed by atoms with Crippen molar-refractivity contribution in [2.24, 2.45) is 7.05 Å². The van der Waals surface area contributed by atoms with Gasteiger partial charge in [0.2, 0.25) is 0 Å². The molecule has 0 aliphatic carbocycles. The summed E-state index contributed by atoms with van der Waals surface area (Å²) in [5.41, 5.74) is 1.69. The van der Waals surface area contributed by atoms with Crippen molar-refractivity contribution in [3.05, 3.63) is 16.4 Å². The Balaban J connectivity index is 2.56. The van der Waals surface area contributed by atoms with Gasteiger partial charge >= 0.3 is 0 Å². The van der Waals surface area contributed by atoms with Gasteiger partial charge in [-0.15, -0.1) is 0 Å². The van der Waals surface area contributed by atoms with E-state index >= 15 is 0 Å². The second-order valence-corrected chi connectivity index (χ2v) is 4.16. The maximum atomic E-state index is 11.7. The highest BCUT2D eigenvalue weighted by atomic mass is 35.5. The minimum absolute atomic E-state index is 0.193. The third-order valence-corrected chi connectivity index (χ3v) is 2.95. The Morgan fingerprint density at radius 1 is 1.56 bits per heavy atom. The van der Waals surface area contributed by atoms with Gasteiger partial charge in [0.25, 0.3) is 0 Å². The van der Waals surface area contributed by atoms with E-state index in [1.807, 2.05) is 13.8 Å². The number of carbonyl (C=O) groups is 1. The average molecular weight is 244 g/mol. The topological polar surface area (TPSA) is 46.9 Å². The largest absolute Gasteiger partial charge is 0.317 e. The molecule has 0 amide bonds. The Morgan fingerprint density at radius 2 is 2.25 bits per heavy atom. The van der Waals surface area contributed by atoms with Crippen LogP contribution in [0.3, 0.4) is 0 Å². The summed E-state index contributed by atoms with van der Waals surface area (Å²) in [7, 11) is 1.78. The average Bonchev–Trinajstić information content (AvgIpc) is 2.46. The third-order valence-electron chi connectivity index (χ3n) is 2.47. The van der Waals surface area contributed by atoms with Crippen LogP contribution in [-0.2, 0) is 18.3 Å². The lowest BCUT2D eigenvalue weighted by Gasteiger charge is -2.02. The van der Waals surface area contributed by atoms with E-state index in [0.29, 0.717) is 18.0 Å². The van der Waals surface area contributed by atoms with Crippen molar-refractivity contribution in [3.8, 4) is 0 Å². The van der Waals surface area contributed by atoms with E-state index in [1.165, 1.54) is 0 Å². The number of halogens is 1. The van der Waals surface area contributed by atoms with Gasteiger partial charge in [0.05, 0.1) is 5.69 Å². The summed E-state index contributed by atoms with van der Waals surface area (Å²) in [6.45, 7) is 5.51. The summed E-state index contributed by atoms with van der Waals surface area (Å²) in [4.78, 5) is 11.7. The van der Waals surface area contributed by atoms with Gasteiger partial charge < -0.3 is 5.32 Å². The first-order chi connectivity index (χ1) is 7.56. The van der Waals surface area contributed by atoms with Gasteiger partial charge in [-0.3, -0.25) is 9.48 Å². The van der Waals surface area contributed by atoms with Crippen LogP contribution in [0.2, 0.25) is 5.15 Å². The van der Waals surface area contributed by atoms with Crippen LogP contribution in [-0.4, -0.2) is 28.7 Å². The molecular formula is C11H18ClN3O. The van der Waals surface area contributed by atoms with Gasteiger partial charge in [0.15, 0.2) is 0 Å². The van der Waals surface area contributed by atoms with Crippen LogP contribution in [0.25, 0.3) is 0 Å². The molecule has 0 aromatic carbocycles. The fourth-order valence-electron chi connectivity index (χ4n) is 1.56. The van der Waals surface area contributed by atoms with Gasteiger partial charge in [-0.2, -0.15) is 5.10 Å². The predicted octanol–water partition coefficient (Wildman–Crippen LogP) is 1.49. The first-order valence-electron chi connectivity index (χ1n) is 5.46. The number of nitrogens with zero attached hydrogens (tertiary/aromatic N) is 2. The van der Waals surface area contributed by atoms with E-state index in [-0.39, 0.29) is 5.78 Å². The van der Waals surface area contributed by atoms with Crippen molar-refractivity contribution in [2.75, 3.05) is 13.1 Å². The van der Waals surface area contributed by atoms with Gasteiger partial charge in [-0.05, 0) is 13.5 Å². The highest BCUT2D eigenvalue weighted by Gasteiger charge is 2.14. The number of rotatable bonds is 6. The highest BCUT2D eigenvalue weighted by molar-refractivity contribution is 6.30. The lowest BCUT2D eigenvalue weighted by atomic mass is 10.1. The second-order valence-electron chi connectivity index (χ2n) is 3.80. The molecule has 16 heavy (non-hydrogen) atoms. The minimum atomic E-state index is 0.193. The summed E-state index contributed by atoms with van der Waals surface area (Å²) in [6, 6.07) is 0. The molecule has 1 rings (SSSR count). The van der Waals surface area contributed by atoms with Crippen molar-refractivity contribution < 1.29 is 4.79 Å². The molecule has 1 N–H and O–H groups in total. The van der Waals surface area contributed by atoms with Crippen molar-refractivity contribution in [2.45, 2.75) is 26.7 Å². The summed E-state index contributed by atoms with van der Waals surface area (Å²) < 4.78 is 1.60. The lowest BCUT2D eigenvalue weighted by Crippen LogP contribution is -2.18. The molecule has 90 valence electrons. The molecule has 4 nitrogen and oxygen atoms in total. The molecule has 1 heterocycles. The number of aromatic nitrogens is 2. The Labute approximate surface area is 101 Å². The minimum Gasteiger partial charge on any atom is -0.317 e. The number of hydrogen-bond acceptors (Lipinski definition) is 3. The molecule has 0 saturated carbocycles. The Morgan fingerprint density at radius 3 is 2.75 bits per heavy atom. The summed E-state index contributed by atoms with van der Waals surface area (Å²) in [6.07, 6.45) is 0.919. The molecule has 0 unspecified atom stereocenters. The van der Waals surface area contributed by atoms with Crippen molar-refractivity contribution in [1.29, 1.82) is 0 Å². The molecule has 1 aromatic heterocycles. The second kappa shape index (κ2) is 6.01. The summed E-state index contributed by atoms with van der Waals surface area (Å²) in [5, 5.41) is 7.87. The summed E-state index contributed by atoms with van der Waals surface area (Å²) in [5.74, 6) is 0.193. The first-order valence-corrected chi connectivity index (χ1v) is 5.84. The van der Waals surface area contributed by atoms with Crippen LogP contribution in [0.1, 0.15) is 24.6 Å². The molecule has 0 atom stereocenters. The van der Waals surface area contributed by atoms with E-state index in [0.717, 1.165) is 24.3 Å². The van der Waals surface area contributed by atoms with Crippen molar-refractivity contribution in [1.82, 2.24) is 15.1 Å². The van der Waals surface area contributed by atoms with Crippen LogP contribution >= 0.6 is 11.6 Å². The molecule has 0 bridgehead atoms. The number of ketones is 1. The number of Topliss-reactive ketones (excluding diaryl/α,β-unsaturated/α-hetero) is 1. The quantitative estimate of drug-likeness (QED) is 0.771. The molecule has 5 heteroatoms. The van der Waals surface area contributed by atoms with Crippen LogP contribution in [0, 0.1) is 6.92 Å². The van der Waals surface area contributed by atoms with Crippen LogP contribution in [0.5, 0.6) is 0 Å². The van der Waals surface area contributed by atoms with Crippen LogP contribution < -0.4 is 5.32 Å². The van der Waals surface area contributed by atoms with E-state index < -0.39 is 0 Å². The third kappa shape index (κ3) is 3.32. The van der Waals surface area contributed by atoms with E-state index in [4.69, 9.17) is 11.6 Å². The van der Waals surface area contributed by atoms with Crippen molar-refractivity contribution in [3.63, 3.8) is 0 Å². The monoisotopic (exact) mass is 243 g/mol. The zero-order chi connectivity index (χ0) is 12.1. The molecule has 0 spiro atoms. The fraction of sp³-hybridized carbons (Fsp3) is 0.636. The van der Waals surface area contributed by atoms with Crippen LogP contribution in [0.4, 0.5) is 0 Å². The highest BCUT2D eigenvalue weighted by Crippen LogP contribution is 2.19. The van der Waals surface area contributed by atoms with E-state index in [9.17, 15) is 4.79 Å². The summed E-state index contributed by atoms with van der Waals surface area (Å²) >= 11 is 6.05. The van der Waals surface area contributed by atoms with Gasteiger partial charge in [0, 0.05) is 32.0 Å². The van der Waals surface area contributed by atoms with E-state index in [1.54, 1.807) is 11.7 Å². The molecule has 0 fully saturated rings. The standard InChI is InChI=1S/C11H18ClN3O/c1-4-13-6-5-9(16)7-10-8(2)14-15(3)11(10)12/h13H,4-7H2,1-3H3. The first kappa shape index (κ1) is 13.2. The number of nitrogens with one attached hydrogen (secondary N) is 1. The predicted molar refractivity (Wildman–Crippen MR) is 64.8 cm³/mol. The van der Waals surface area contributed by atoms with E-state index in [2.05, 4.69) is 10.4 Å². The molecule has 0 radical (unpaired) electrons. The normalized spacial score (nSPS) is 10.8. The molecule has 0 aliphatic heterocycles. The molecular weight excluding hydrogens is 226 g/mol. The number of carbonyl (C=O) groups excluding carboxylic acids is 1. The molecule has 0 aliphatic rings. The Bertz CT molecular complexity index is 374. The SMILES string of the molecule is CCNCCC(=O)Cc1c(C)nn(C)c1Cl. The smallest absolute Gasteiger partial charge is 0.138 e. The molecule has 0 saturated heterocycles.